The van der Waals surface area contributed by atoms with Crippen molar-refractivity contribution >= 4 is 5.97 Å². The van der Waals surface area contributed by atoms with Gasteiger partial charge in [0.1, 0.15) is 6.61 Å². The molecule has 0 aliphatic carbocycles. The van der Waals surface area contributed by atoms with E-state index in [1.807, 2.05) is 0 Å². The Bertz CT molecular complexity index is 179. The summed E-state index contributed by atoms with van der Waals surface area (Å²) in [4.78, 5) is 11.2. The number of carbonyl (C=O) groups excluding carboxylic acids is 1. The van der Waals surface area contributed by atoms with Crippen molar-refractivity contribution in [1.29, 1.82) is 0 Å². The fourth-order valence-electron chi connectivity index (χ4n) is 1.54. The third-order valence-electron chi connectivity index (χ3n) is 2.40. The van der Waals surface area contributed by atoms with Crippen LogP contribution >= 0.6 is 0 Å². The zero-order valence-electron chi connectivity index (χ0n) is 9.46. The number of ether oxygens (including phenoxy) is 2. The second-order valence-electron chi connectivity index (χ2n) is 3.85. The quantitative estimate of drug-likeness (QED) is 0.532. The highest BCUT2D eigenvalue weighted by Crippen LogP contribution is 2.12. The Kier molecular flexibility index (Phi) is 6.36. The van der Waals surface area contributed by atoms with Gasteiger partial charge in [-0.3, -0.25) is 4.79 Å². The standard InChI is InChI=1S/C11H21NO3/c1-2-6-12-8-11(13)15-9-10-5-3-4-7-14-10/h10,12H,2-9H2,1H3. The summed E-state index contributed by atoms with van der Waals surface area (Å²) in [5, 5.41) is 3.01. The predicted octanol–water partition coefficient (Wildman–Crippen LogP) is 1.10. The number of hydrogen-bond acceptors (Lipinski definition) is 4. The molecule has 4 heteroatoms. The summed E-state index contributed by atoms with van der Waals surface area (Å²) in [6.45, 7) is 4.44. The second kappa shape index (κ2) is 7.65. The number of nitrogens with one attached hydrogen (secondary N) is 1. The van der Waals surface area contributed by atoms with Crippen LogP contribution in [0.5, 0.6) is 0 Å². The number of esters is 1. The van der Waals surface area contributed by atoms with Crippen molar-refractivity contribution in [1.82, 2.24) is 5.32 Å². The van der Waals surface area contributed by atoms with Crippen molar-refractivity contribution in [3.63, 3.8) is 0 Å². The first-order valence-corrected chi connectivity index (χ1v) is 5.81. The highest BCUT2D eigenvalue weighted by Gasteiger charge is 2.15. The third kappa shape index (κ3) is 5.74. The third-order valence-corrected chi connectivity index (χ3v) is 2.40. The Morgan fingerprint density at radius 2 is 2.40 bits per heavy atom. The fraction of sp³-hybridized carbons (Fsp3) is 0.909. The van der Waals surface area contributed by atoms with Gasteiger partial charge in [-0.15, -0.1) is 0 Å². The van der Waals surface area contributed by atoms with Gasteiger partial charge in [0.05, 0.1) is 12.6 Å². The van der Waals surface area contributed by atoms with Crippen molar-refractivity contribution in [3.05, 3.63) is 0 Å². The Morgan fingerprint density at radius 3 is 3.07 bits per heavy atom. The van der Waals surface area contributed by atoms with Crippen LogP contribution in [-0.4, -0.2) is 38.4 Å². The maximum absolute atomic E-state index is 11.2. The normalized spacial score (nSPS) is 21.3. The molecular weight excluding hydrogens is 194 g/mol. The zero-order valence-corrected chi connectivity index (χ0v) is 9.46. The predicted molar refractivity (Wildman–Crippen MR) is 57.7 cm³/mol. The lowest BCUT2D eigenvalue weighted by atomic mass is 10.1. The monoisotopic (exact) mass is 215 g/mol. The zero-order chi connectivity index (χ0) is 10.9. The lowest BCUT2D eigenvalue weighted by molar-refractivity contribution is -0.148. The van der Waals surface area contributed by atoms with E-state index in [-0.39, 0.29) is 12.1 Å². The average Bonchev–Trinajstić information content (AvgIpc) is 2.28. The van der Waals surface area contributed by atoms with Crippen molar-refractivity contribution in [3.8, 4) is 0 Å². The lowest BCUT2D eigenvalue weighted by Crippen LogP contribution is -2.30. The van der Waals surface area contributed by atoms with Crippen LogP contribution in [0, 0.1) is 0 Å². The summed E-state index contributed by atoms with van der Waals surface area (Å²) >= 11 is 0. The van der Waals surface area contributed by atoms with E-state index < -0.39 is 0 Å². The van der Waals surface area contributed by atoms with Gasteiger partial charge in [-0.1, -0.05) is 6.92 Å². The topological polar surface area (TPSA) is 47.6 Å². The van der Waals surface area contributed by atoms with Gasteiger partial charge < -0.3 is 14.8 Å². The van der Waals surface area contributed by atoms with E-state index in [0.29, 0.717) is 13.2 Å². The van der Waals surface area contributed by atoms with Crippen molar-refractivity contribution in [2.75, 3.05) is 26.3 Å². The highest BCUT2D eigenvalue weighted by molar-refractivity contribution is 5.71. The SMILES string of the molecule is CCCNCC(=O)OCC1CCCCO1. The molecule has 1 rings (SSSR count). The molecule has 1 heterocycles. The molecule has 0 aromatic heterocycles. The first-order chi connectivity index (χ1) is 7.33. The molecule has 1 unspecified atom stereocenters. The maximum Gasteiger partial charge on any atom is 0.320 e. The molecule has 0 amide bonds. The molecule has 0 bridgehead atoms. The van der Waals surface area contributed by atoms with Gasteiger partial charge >= 0.3 is 5.97 Å². The average molecular weight is 215 g/mol. The fourth-order valence-corrected chi connectivity index (χ4v) is 1.54. The van der Waals surface area contributed by atoms with Gasteiger partial charge in [0.2, 0.25) is 0 Å². The van der Waals surface area contributed by atoms with Crippen LogP contribution in [0.4, 0.5) is 0 Å². The first-order valence-electron chi connectivity index (χ1n) is 5.81. The minimum Gasteiger partial charge on any atom is -0.462 e. The molecular formula is C11H21NO3. The molecule has 1 aliphatic rings. The summed E-state index contributed by atoms with van der Waals surface area (Å²) in [5.41, 5.74) is 0. The smallest absolute Gasteiger partial charge is 0.320 e. The van der Waals surface area contributed by atoms with Gasteiger partial charge in [0.15, 0.2) is 0 Å². The van der Waals surface area contributed by atoms with Crippen molar-refractivity contribution < 1.29 is 14.3 Å². The molecule has 15 heavy (non-hydrogen) atoms. The molecule has 0 saturated carbocycles. The van der Waals surface area contributed by atoms with E-state index in [9.17, 15) is 4.79 Å². The summed E-state index contributed by atoms with van der Waals surface area (Å²) in [5.74, 6) is -0.183. The summed E-state index contributed by atoms with van der Waals surface area (Å²) < 4.78 is 10.6. The van der Waals surface area contributed by atoms with Crippen LogP contribution in [0.25, 0.3) is 0 Å². The molecule has 1 aliphatic heterocycles. The number of rotatable bonds is 6. The highest BCUT2D eigenvalue weighted by atomic mass is 16.6. The van der Waals surface area contributed by atoms with Crippen molar-refractivity contribution in [2.24, 2.45) is 0 Å². The largest absolute Gasteiger partial charge is 0.462 e. The molecule has 4 nitrogen and oxygen atoms in total. The van der Waals surface area contributed by atoms with Crippen LogP contribution in [0.2, 0.25) is 0 Å². The molecule has 1 saturated heterocycles. The Labute approximate surface area is 91.3 Å². The molecule has 0 aromatic rings. The minimum atomic E-state index is -0.183. The summed E-state index contributed by atoms with van der Waals surface area (Å²) in [7, 11) is 0. The minimum absolute atomic E-state index is 0.119. The molecule has 1 atom stereocenters. The number of hydrogen-bond donors (Lipinski definition) is 1. The Morgan fingerprint density at radius 1 is 1.53 bits per heavy atom. The molecule has 0 spiro atoms. The molecule has 1 fully saturated rings. The van der Waals surface area contributed by atoms with E-state index >= 15 is 0 Å². The van der Waals surface area contributed by atoms with E-state index in [1.165, 1.54) is 6.42 Å². The molecule has 88 valence electrons. The maximum atomic E-state index is 11.2. The van der Waals surface area contributed by atoms with E-state index in [4.69, 9.17) is 9.47 Å². The van der Waals surface area contributed by atoms with Gasteiger partial charge in [0, 0.05) is 6.61 Å². The molecule has 0 radical (unpaired) electrons. The van der Waals surface area contributed by atoms with Gasteiger partial charge in [-0.2, -0.15) is 0 Å². The van der Waals surface area contributed by atoms with Crippen LogP contribution in [0.1, 0.15) is 32.6 Å². The lowest BCUT2D eigenvalue weighted by Gasteiger charge is -2.22. The molecule has 1 N–H and O–H groups in total. The van der Waals surface area contributed by atoms with Crippen molar-refractivity contribution in [2.45, 2.75) is 38.7 Å². The van der Waals surface area contributed by atoms with E-state index in [0.717, 1.165) is 32.4 Å². The Balaban J connectivity index is 2.00. The van der Waals surface area contributed by atoms with Crippen LogP contribution < -0.4 is 5.32 Å². The van der Waals surface area contributed by atoms with Crippen LogP contribution in [0.3, 0.4) is 0 Å². The van der Waals surface area contributed by atoms with Crippen LogP contribution in [-0.2, 0) is 14.3 Å². The Hall–Kier alpha value is -0.610. The summed E-state index contributed by atoms with van der Waals surface area (Å²) in [6, 6.07) is 0. The van der Waals surface area contributed by atoms with Gasteiger partial charge in [0.25, 0.3) is 0 Å². The molecule has 0 aromatic carbocycles. The van der Waals surface area contributed by atoms with Gasteiger partial charge in [-0.05, 0) is 32.2 Å². The van der Waals surface area contributed by atoms with Crippen LogP contribution in [0.15, 0.2) is 0 Å². The van der Waals surface area contributed by atoms with E-state index in [1.54, 1.807) is 0 Å². The second-order valence-corrected chi connectivity index (χ2v) is 3.85. The van der Waals surface area contributed by atoms with E-state index in [2.05, 4.69) is 12.2 Å². The first kappa shape index (κ1) is 12.5. The number of carbonyl (C=O) groups is 1. The van der Waals surface area contributed by atoms with Gasteiger partial charge in [-0.25, -0.2) is 0 Å². The summed E-state index contributed by atoms with van der Waals surface area (Å²) in [6.07, 6.45) is 4.46.